The van der Waals surface area contributed by atoms with Crippen LogP contribution in [-0.4, -0.2) is 48.0 Å². The van der Waals surface area contributed by atoms with Crippen LogP contribution in [-0.2, 0) is 9.59 Å². The third-order valence-electron chi connectivity index (χ3n) is 4.73. The molecule has 1 atom stereocenters. The first-order chi connectivity index (χ1) is 12.0. The van der Waals surface area contributed by atoms with Crippen LogP contribution >= 0.6 is 0 Å². The Kier molecular flexibility index (Phi) is 4.92. The van der Waals surface area contributed by atoms with Crippen molar-refractivity contribution in [3.8, 4) is 5.75 Å². The Morgan fingerprint density at radius 2 is 1.96 bits per heavy atom. The molecule has 0 bridgehead atoms. The molecule has 3 rings (SSSR count). The molecule has 1 saturated heterocycles. The number of piperidine rings is 1. The quantitative estimate of drug-likeness (QED) is 0.850. The van der Waals surface area contributed by atoms with Crippen LogP contribution in [0, 0.1) is 11.8 Å². The zero-order valence-electron chi connectivity index (χ0n) is 14.2. The van der Waals surface area contributed by atoms with E-state index in [-0.39, 0.29) is 35.0 Å². The van der Waals surface area contributed by atoms with Crippen LogP contribution < -0.4 is 10.1 Å². The summed E-state index contributed by atoms with van der Waals surface area (Å²) < 4.78 is 5.07. The topological polar surface area (TPSA) is 95.9 Å². The van der Waals surface area contributed by atoms with E-state index in [1.54, 1.807) is 11.0 Å². The van der Waals surface area contributed by atoms with Crippen LogP contribution in [0.15, 0.2) is 18.2 Å². The number of likely N-dealkylation sites (tertiary alicyclic amines) is 1. The van der Waals surface area contributed by atoms with Crippen molar-refractivity contribution in [3.05, 3.63) is 23.8 Å². The molecule has 7 heteroatoms. The maximum Gasteiger partial charge on any atom is 0.339 e. The number of benzene rings is 1. The van der Waals surface area contributed by atoms with Gasteiger partial charge in [-0.1, -0.05) is 0 Å². The van der Waals surface area contributed by atoms with Gasteiger partial charge in [-0.3, -0.25) is 9.59 Å². The molecule has 1 unspecified atom stereocenters. The molecule has 0 radical (unpaired) electrons. The van der Waals surface area contributed by atoms with E-state index in [1.165, 1.54) is 19.2 Å². The summed E-state index contributed by atoms with van der Waals surface area (Å²) in [6, 6.07) is 4.44. The van der Waals surface area contributed by atoms with Crippen molar-refractivity contribution < 1.29 is 24.2 Å². The molecule has 0 aromatic heterocycles. The highest BCUT2D eigenvalue weighted by atomic mass is 16.5. The number of carboxylic acid groups (broad SMARTS) is 1. The molecule has 1 aliphatic heterocycles. The van der Waals surface area contributed by atoms with Crippen LogP contribution in [0.25, 0.3) is 0 Å². The second-order valence-electron chi connectivity index (χ2n) is 6.61. The third-order valence-corrected chi connectivity index (χ3v) is 4.73. The van der Waals surface area contributed by atoms with Crippen LogP contribution in [0.2, 0.25) is 0 Å². The van der Waals surface area contributed by atoms with E-state index in [0.29, 0.717) is 12.2 Å². The number of carbonyl (C=O) groups excluding carboxylic acids is 2. The molecule has 7 nitrogen and oxygen atoms in total. The van der Waals surface area contributed by atoms with E-state index in [0.717, 1.165) is 32.2 Å². The molecule has 0 spiro atoms. The smallest absolute Gasteiger partial charge is 0.339 e. The van der Waals surface area contributed by atoms with Crippen molar-refractivity contribution in [2.24, 2.45) is 11.8 Å². The molecule has 1 aliphatic carbocycles. The summed E-state index contributed by atoms with van der Waals surface area (Å²) in [4.78, 5) is 37.6. The van der Waals surface area contributed by atoms with Gasteiger partial charge in [-0.25, -0.2) is 4.79 Å². The van der Waals surface area contributed by atoms with Gasteiger partial charge in [0.2, 0.25) is 11.8 Å². The van der Waals surface area contributed by atoms with Crippen LogP contribution in [0.3, 0.4) is 0 Å². The third kappa shape index (κ3) is 3.92. The number of carboxylic acids is 1. The zero-order chi connectivity index (χ0) is 18.0. The monoisotopic (exact) mass is 346 g/mol. The van der Waals surface area contributed by atoms with Crippen molar-refractivity contribution in [2.75, 3.05) is 25.5 Å². The van der Waals surface area contributed by atoms with Crippen molar-refractivity contribution in [2.45, 2.75) is 25.7 Å². The van der Waals surface area contributed by atoms with Crippen molar-refractivity contribution in [1.82, 2.24) is 4.90 Å². The van der Waals surface area contributed by atoms with Gasteiger partial charge in [0.25, 0.3) is 0 Å². The Morgan fingerprint density at radius 3 is 2.60 bits per heavy atom. The van der Waals surface area contributed by atoms with Crippen LogP contribution in [0.4, 0.5) is 5.69 Å². The van der Waals surface area contributed by atoms with Gasteiger partial charge in [0.15, 0.2) is 0 Å². The number of amides is 2. The number of aromatic carboxylic acids is 1. The summed E-state index contributed by atoms with van der Waals surface area (Å²) in [6.45, 7) is 1.17. The Morgan fingerprint density at radius 1 is 1.20 bits per heavy atom. The van der Waals surface area contributed by atoms with E-state index < -0.39 is 5.97 Å². The van der Waals surface area contributed by atoms with Crippen LogP contribution in [0.5, 0.6) is 5.75 Å². The van der Waals surface area contributed by atoms with Gasteiger partial charge >= 0.3 is 5.97 Å². The minimum atomic E-state index is -1.09. The molecule has 134 valence electrons. The number of nitrogens with zero attached hydrogens (tertiary/aromatic N) is 1. The van der Waals surface area contributed by atoms with Gasteiger partial charge < -0.3 is 20.1 Å². The van der Waals surface area contributed by atoms with E-state index in [1.807, 2.05) is 0 Å². The normalized spacial score (nSPS) is 20.0. The first kappa shape index (κ1) is 17.3. The Bertz CT molecular complexity index is 699. The molecule has 1 aromatic rings. The number of anilines is 1. The molecule has 2 aliphatic rings. The highest BCUT2D eigenvalue weighted by molar-refractivity contribution is 5.96. The van der Waals surface area contributed by atoms with Gasteiger partial charge in [0.1, 0.15) is 11.3 Å². The minimum absolute atomic E-state index is 0.0411. The lowest BCUT2D eigenvalue weighted by Crippen LogP contribution is -2.44. The summed E-state index contributed by atoms with van der Waals surface area (Å²) in [5.74, 6) is -0.963. The van der Waals surface area contributed by atoms with E-state index in [9.17, 15) is 14.4 Å². The predicted octanol–water partition coefficient (Wildman–Crippen LogP) is 1.98. The number of ether oxygens (including phenoxy) is 1. The number of hydrogen-bond donors (Lipinski definition) is 2. The Hall–Kier alpha value is -2.57. The van der Waals surface area contributed by atoms with E-state index in [4.69, 9.17) is 9.84 Å². The lowest BCUT2D eigenvalue weighted by atomic mass is 9.96. The highest BCUT2D eigenvalue weighted by Gasteiger charge is 2.36. The van der Waals surface area contributed by atoms with E-state index in [2.05, 4.69) is 5.32 Å². The molecule has 1 aromatic carbocycles. The number of rotatable bonds is 5. The standard InChI is InChI=1S/C18H22N2O5/c1-25-15-9-13(6-7-14(15)18(23)24)19-16(21)12-3-2-8-20(10-12)17(22)11-4-5-11/h6-7,9,11-12H,2-5,8,10H2,1H3,(H,19,21)(H,23,24). The maximum atomic E-state index is 12.5. The SMILES string of the molecule is COc1cc(NC(=O)C2CCCN(C(=O)C3CC3)C2)ccc1C(=O)O. The molecule has 2 amide bonds. The summed E-state index contributed by atoms with van der Waals surface area (Å²) in [5, 5.41) is 11.9. The fraction of sp³-hybridized carbons (Fsp3) is 0.500. The predicted molar refractivity (Wildman–Crippen MR) is 90.6 cm³/mol. The van der Waals surface area contributed by atoms with Gasteiger partial charge in [-0.2, -0.15) is 0 Å². The summed E-state index contributed by atoms with van der Waals surface area (Å²) in [5.41, 5.74) is 0.525. The largest absolute Gasteiger partial charge is 0.496 e. The van der Waals surface area contributed by atoms with Gasteiger partial charge in [0.05, 0.1) is 13.0 Å². The Labute approximate surface area is 146 Å². The average Bonchev–Trinajstić information content (AvgIpc) is 3.46. The van der Waals surface area contributed by atoms with Crippen LogP contribution in [0.1, 0.15) is 36.0 Å². The number of nitrogens with one attached hydrogen (secondary N) is 1. The average molecular weight is 346 g/mol. The Balaban J connectivity index is 1.65. The van der Waals surface area contributed by atoms with Gasteiger partial charge in [-0.05, 0) is 37.8 Å². The maximum absolute atomic E-state index is 12.5. The fourth-order valence-electron chi connectivity index (χ4n) is 3.17. The van der Waals surface area contributed by atoms with Crippen molar-refractivity contribution in [3.63, 3.8) is 0 Å². The molecule has 25 heavy (non-hydrogen) atoms. The molecule has 2 N–H and O–H groups in total. The molecule has 2 fully saturated rings. The van der Waals surface area contributed by atoms with Crippen molar-refractivity contribution >= 4 is 23.5 Å². The van der Waals surface area contributed by atoms with E-state index >= 15 is 0 Å². The second kappa shape index (κ2) is 7.13. The summed E-state index contributed by atoms with van der Waals surface area (Å²) in [6.07, 6.45) is 3.48. The molecule has 1 heterocycles. The molecule has 1 saturated carbocycles. The lowest BCUT2D eigenvalue weighted by Gasteiger charge is -2.32. The first-order valence-electron chi connectivity index (χ1n) is 8.50. The second-order valence-corrected chi connectivity index (χ2v) is 6.61. The lowest BCUT2D eigenvalue weighted by molar-refractivity contribution is -0.135. The minimum Gasteiger partial charge on any atom is -0.496 e. The molecular formula is C18H22N2O5. The zero-order valence-corrected chi connectivity index (χ0v) is 14.2. The number of hydrogen-bond acceptors (Lipinski definition) is 4. The summed E-state index contributed by atoms with van der Waals surface area (Å²) >= 11 is 0. The highest BCUT2D eigenvalue weighted by Crippen LogP contribution is 2.32. The van der Waals surface area contributed by atoms with Gasteiger partial charge in [-0.15, -0.1) is 0 Å². The fourth-order valence-corrected chi connectivity index (χ4v) is 3.17. The van der Waals surface area contributed by atoms with Crippen molar-refractivity contribution in [1.29, 1.82) is 0 Å². The number of carbonyl (C=O) groups is 3. The molecular weight excluding hydrogens is 324 g/mol. The summed E-state index contributed by atoms with van der Waals surface area (Å²) in [7, 11) is 1.38. The first-order valence-corrected chi connectivity index (χ1v) is 8.50. The van der Waals surface area contributed by atoms with Gasteiger partial charge in [0, 0.05) is 30.8 Å². The number of methoxy groups -OCH3 is 1.